The molecule has 6 nitrogen and oxygen atoms in total. The zero-order chi connectivity index (χ0) is 17.1. The molecule has 1 saturated heterocycles. The summed E-state index contributed by atoms with van der Waals surface area (Å²) in [5, 5.41) is 0. The molecule has 0 bridgehead atoms. The normalized spacial score (nSPS) is 15.7. The second-order valence-electron chi connectivity index (χ2n) is 5.07. The van der Waals surface area contributed by atoms with Crippen molar-refractivity contribution in [3.05, 3.63) is 34.4 Å². The van der Waals surface area contributed by atoms with E-state index in [4.69, 9.17) is 14.2 Å². The molecule has 1 aromatic carbocycles. The third kappa shape index (κ3) is 3.06. The van der Waals surface area contributed by atoms with Crippen molar-refractivity contribution in [3.63, 3.8) is 0 Å². The number of ether oxygens (including phenoxy) is 4. The van der Waals surface area contributed by atoms with Crippen LogP contribution in [0.15, 0.2) is 28.9 Å². The lowest BCUT2D eigenvalue weighted by molar-refractivity contribution is -0.149. The molecule has 1 aliphatic heterocycles. The van der Waals surface area contributed by atoms with Crippen LogP contribution in [0.1, 0.15) is 19.4 Å². The van der Waals surface area contributed by atoms with Crippen LogP contribution in [0.25, 0.3) is 6.08 Å². The van der Waals surface area contributed by atoms with Crippen molar-refractivity contribution in [1.82, 2.24) is 0 Å². The number of carbonyl (C=O) groups excluding carboxylic acids is 2. The van der Waals surface area contributed by atoms with Crippen molar-refractivity contribution in [2.24, 2.45) is 0 Å². The average Bonchev–Trinajstić information content (AvgIpc) is 2.80. The minimum Gasteiger partial charge on any atom is -0.493 e. The molecule has 0 atom stereocenters. The Morgan fingerprint density at radius 1 is 0.957 bits per heavy atom. The van der Waals surface area contributed by atoms with Crippen molar-refractivity contribution in [2.75, 3.05) is 21.3 Å². The highest BCUT2D eigenvalue weighted by Gasteiger charge is 2.34. The molecular weight excluding hydrogens is 300 g/mol. The zero-order valence-electron chi connectivity index (χ0n) is 13.7. The maximum atomic E-state index is 11.9. The molecule has 122 valence electrons. The highest BCUT2D eigenvalue weighted by atomic mass is 16.6. The van der Waals surface area contributed by atoms with E-state index in [2.05, 4.69) is 4.74 Å². The summed E-state index contributed by atoms with van der Waals surface area (Å²) in [6.07, 6.45) is 1.57. The van der Waals surface area contributed by atoms with Crippen LogP contribution in [0.2, 0.25) is 0 Å². The van der Waals surface area contributed by atoms with E-state index in [1.54, 1.807) is 32.1 Å². The van der Waals surface area contributed by atoms with Crippen LogP contribution in [-0.2, 0) is 14.3 Å². The fraction of sp³-hybridized carbons (Fsp3) is 0.294. The summed E-state index contributed by atoms with van der Waals surface area (Å²) >= 11 is 0. The fourth-order valence-corrected chi connectivity index (χ4v) is 2.36. The topological polar surface area (TPSA) is 71.1 Å². The maximum absolute atomic E-state index is 11.9. The summed E-state index contributed by atoms with van der Waals surface area (Å²) in [6.45, 7) is 3.50. The summed E-state index contributed by atoms with van der Waals surface area (Å²) < 4.78 is 20.5. The van der Waals surface area contributed by atoms with Crippen molar-refractivity contribution in [2.45, 2.75) is 13.8 Å². The lowest BCUT2D eigenvalue weighted by atomic mass is 10.0. The molecule has 0 radical (unpaired) electrons. The van der Waals surface area contributed by atoms with Crippen LogP contribution < -0.4 is 14.2 Å². The van der Waals surface area contributed by atoms with E-state index in [-0.39, 0.29) is 11.1 Å². The Balaban J connectivity index is 2.61. The molecule has 1 heterocycles. The number of hydrogen-bond acceptors (Lipinski definition) is 6. The zero-order valence-corrected chi connectivity index (χ0v) is 13.7. The van der Waals surface area contributed by atoms with Crippen LogP contribution in [0, 0.1) is 0 Å². The molecule has 0 aromatic heterocycles. The van der Waals surface area contributed by atoms with Gasteiger partial charge in [0.25, 0.3) is 0 Å². The second kappa shape index (κ2) is 6.56. The lowest BCUT2D eigenvalue weighted by Gasteiger charge is -2.13. The summed E-state index contributed by atoms with van der Waals surface area (Å²) in [6, 6.07) is 3.38. The summed E-state index contributed by atoms with van der Waals surface area (Å²) in [7, 11) is 4.51. The SMILES string of the molecule is COc1cc(C=C2C(=O)OC(=O)C2=C(C)C)cc(OC)c1OC. The highest BCUT2D eigenvalue weighted by molar-refractivity contribution is 6.20. The molecule has 1 fully saturated rings. The Bertz CT molecular complexity index is 698. The van der Waals surface area contributed by atoms with E-state index in [9.17, 15) is 9.59 Å². The predicted octanol–water partition coefficient (Wildman–Crippen LogP) is 2.52. The number of esters is 2. The van der Waals surface area contributed by atoms with Gasteiger partial charge in [0, 0.05) is 0 Å². The monoisotopic (exact) mass is 318 g/mol. The molecule has 6 heteroatoms. The van der Waals surface area contributed by atoms with Crippen LogP contribution in [0.5, 0.6) is 17.2 Å². The molecule has 1 aromatic rings. The van der Waals surface area contributed by atoms with Crippen molar-refractivity contribution in [3.8, 4) is 17.2 Å². The maximum Gasteiger partial charge on any atom is 0.346 e. The van der Waals surface area contributed by atoms with Gasteiger partial charge >= 0.3 is 11.9 Å². The van der Waals surface area contributed by atoms with Gasteiger partial charge in [0.2, 0.25) is 5.75 Å². The molecule has 0 unspecified atom stereocenters. The number of rotatable bonds is 4. The molecule has 23 heavy (non-hydrogen) atoms. The van der Waals surface area contributed by atoms with Crippen molar-refractivity contribution >= 4 is 18.0 Å². The van der Waals surface area contributed by atoms with E-state index in [1.165, 1.54) is 21.3 Å². The first kappa shape index (κ1) is 16.6. The Morgan fingerprint density at radius 3 is 1.96 bits per heavy atom. The molecule has 0 saturated carbocycles. The third-order valence-corrected chi connectivity index (χ3v) is 3.38. The number of carbonyl (C=O) groups is 2. The number of benzene rings is 1. The Hall–Kier alpha value is -2.76. The lowest BCUT2D eigenvalue weighted by Crippen LogP contribution is -1.98. The van der Waals surface area contributed by atoms with Crippen LogP contribution in [-0.4, -0.2) is 33.3 Å². The van der Waals surface area contributed by atoms with Crippen LogP contribution in [0.3, 0.4) is 0 Å². The van der Waals surface area contributed by atoms with Crippen LogP contribution in [0.4, 0.5) is 0 Å². The predicted molar refractivity (Wildman–Crippen MR) is 83.5 cm³/mol. The molecular formula is C17H18O6. The molecule has 2 rings (SSSR count). The van der Waals surface area contributed by atoms with Crippen molar-refractivity contribution in [1.29, 1.82) is 0 Å². The first-order chi connectivity index (χ1) is 10.9. The first-order valence-corrected chi connectivity index (χ1v) is 6.89. The van der Waals surface area contributed by atoms with Gasteiger partial charge in [0.05, 0.1) is 32.5 Å². The molecule has 0 amide bonds. The van der Waals surface area contributed by atoms with Gasteiger partial charge in [-0.15, -0.1) is 0 Å². The minimum absolute atomic E-state index is 0.212. The van der Waals surface area contributed by atoms with Gasteiger partial charge in [-0.2, -0.15) is 0 Å². The first-order valence-electron chi connectivity index (χ1n) is 6.89. The smallest absolute Gasteiger partial charge is 0.346 e. The number of allylic oxidation sites excluding steroid dienone is 1. The Labute approximate surface area is 134 Å². The van der Waals surface area contributed by atoms with Gasteiger partial charge in [-0.3, -0.25) is 0 Å². The van der Waals surface area contributed by atoms with E-state index >= 15 is 0 Å². The van der Waals surface area contributed by atoms with E-state index in [1.807, 2.05) is 0 Å². The van der Waals surface area contributed by atoms with E-state index in [0.29, 0.717) is 28.4 Å². The second-order valence-corrected chi connectivity index (χ2v) is 5.07. The van der Waals surface area contributed by atoms with Gasteiger partial charge < -0.3 is 18.9 Å². The number of methoxy groups -OCH3 is 3. The molecule has 0 N–H and O–H groups in total. The van der Waals surface area contributed by atoms with Crippen molar-refractivity contribution < 1.29 is 28.5 Å². The van der Waals surface area contributed by atoms with Gasteiger partial charge in [0.1, 0.15) is 0 Å². The van der Waals surface area contributed by atoms with Gasteiger partial charge in [-0.25, -0.2) is 9.59 Å². The average molecular weight is 318 g/mol. The van der Waals surface area contributed by atoms with Gasteiger partial charge in [-0.1, -0.05) is 5.57 Å². The van der Waals surface area contributed by atoms with Crippen LogP contribution >= 0.6 is 0 Å². The molecule has 1 aliphatic rings. The quantitative estimate of drug-likeness (QED) is 0.482. The Morgan fingerprint density at radius 2 is 1.52 bits per heavy atom. The third-order valence-electron chi connectivity index (χ3n) is 3.38. The van der Waals surface area contributed by atoms with Gasteiger partial charge in [0.15, 0.2) is 11.5 Å². The standard InChI is InChI=1S/C17H18O6/c1-9(2)14-11(16(18)23-17(14)19)6-10-7-12(20-3)15(22-5)13(8-10)21-4/h6-8H,1-5H3. The molecule has 0 aliphatic carbocycles. The fourth-order valence-electron chi connectivity index (χ4n) is 2.36. The number of hydrogen-bond donors (Lipinski definition) is 0. The Kier molecular flexibility index (Phi) is 4.74. The summed E-state index contributed by atoms with van der Waals surface area (Å²) in [4.78, 5) is 23.7. The summed E-state index contributed by atoms with van der Waals surface area (Å²) in [5.41, 5.74) is 1.83. The molecule has 0 spiro atoms. The minimum atomic E-state index is -0.667. The number of cyclic esters (lactones) is 2. The highest BCUT2D eigenvalue weighted by Crippen LogP contribution is 2.39. The van der Waals surface area contributed by atoms with E-state index < -0.39 is 11.9 Å². The largest absolute Gasteiger partial charge is 0.493 e. The van der Waals surface area contributed by atoms with Gasteiger partial charge in [-0.05, 0) is 37.6 Å². The summed E-state index contributed by atoms with van der Waals surface area (Å²) in [5.74, 6) is 0.0589. The van der Waals surface area contributed by atoms with E-state index in [0.717, 1.165) is 0 Å².